The molecule has 1 aromatic heterocycles. The van der Waals surface area contributed by atoms with Gasteiger partial charge in [-0.05, 0) is 12.1 Å². The molecule has 2 aromatic rings. The van der Waals surface area contributed by atoms with Crippen LogP contribution in [0.5, 0.6) is 5.75 Å². The van der Waals surface area contributed by atoms with Crippen LogP contribution in [-0.2, 0) is 0 Å². The van der Waals surface area contributed by atoms with Crippen molar-refractivity contribution in [3.8, 4) is 17.0 Å². The molecule has 6 nitrogen and oxygen atoms in total. The van der Waals surface area contributed by atoms with Gasteiger partial charge in [-0.1, -0.05) is 12.1 Å². The molecule has 19 heavy (non-hydrogen) atoms. The van der Waals surface area contributed by atoms with E-state index in [0.29, 0.717) is 24.7 Å². The number of hydrogen-bond donors (Lipinski definition) is 3. The third-order valence-electron chi connectivity index (χ3n) is 2.54. The molecule has 6 heteroatoms. The fourth-order valence-electron chi connectivity index (χ4n) is 1.66. The van der Waals surface area contributed by atoms with E-state index in [1.807, 2.05) is 24.3 Å². The number of aromatic nitrogens is 2. The lowest BCUT2D eigenvalue weighted by Crippen LogP contribution is -2.18. The topological polar surface area (TPSA) is 93.0 Å². The quantitative estimate of drug-likeness (QED) is 0.740. The number of H-pyrrole nitrogens is 1. The Labute approximate surface area is 110 Å². The normalized spacial score (nSPS) is 10.2. The summed E-state index contributed by atoms with van der Waals surface area (Å²) in [6, 6.07) is 8.84. The van der Waals surface area contributed by atoms with E-state index in [1.165, 1.54) is 6.07 Å². The Hall–Kier alpha value is -2.34. The Morgan fingerprint density at radius 2 is 2.26 bits per heavy atom. The molecule has 0 spiro atoms. The van der Waals surface area contributed by atoms with Crippen molar-refractivity contribution in [2.24, 2.45) is 5.73 Å². The first-order valence-electron chi connectivity index (χ1n) is 5.92. The van der Waals surface area contributed by atoms with Crippen LogP contribution in [0.2, 0.25) is 0 Å². The van der Waals surface area contributed by atoms with Crippen LogP contribution >= 0.6 is 0 Å². The van der Waals surface area contributed by atoms with Gasteiger partial charge in [0.2, 0.25) is 5.95 Å². The third-order valence-corrected chi connectivity index (χ3v) is 2.54. The summed E-state index contributed by atoms with van der Waals surface area (Å²) in [6.45, 7) is 1.01. The van der Waals surface area contributed by atoms with Gasteiger partial charge in [-0.15, -0.1) is 0 Å². The Balaban J connectivity index is 2.37. The Morgan fingerprint density at radius 3 is 3.00 bits per heavy atom. The highest BCUT2D eigenvalue weighted by Crippen LogP contribution is 2.21. The number of nitrogens with two attached hydrogens (primary N) is 1. The average molecular weight is 260 g/mol. The summed E-state index contributed by atoms with van der Waals surface area (Å²) >= 11 is 0. The van der Waals surface area contributed by atoms with Crippen LogP contribution in [0, 0.1) is 0 Å². The van der Waals surface area contributed by atoms with Crippen molar-refractivity contribution in [1.29, 1.82) is 0 Å². The van der Waals surface area contributed by atoms with Crippen LogP contribution in [0.15, 0.2) is 35.1 Å². The zero-order valence-corrected chi connectivity index (χ0v) is 10.6. The lowest BCUT2D eigenvalue weighted by atomic mass is 10.1. The van der Waals surface area contributed by atoms with E-state index in [-0.39, 0.29) is 5.56 Å². The summed E-state index contributed by atoms with van der Waals surface area (Å²) in [4.78, 5) is 18.6. The zero-order chi connectivity index (χ0) is 13.7. The molecule has 0 saturated carbocycles. The van der Waals surface area contributed by atoms with Gasteiger partial charge in [0.25, 0.3) is 5.56 Å². The monoisotopic (exact) mass is 260 g/mol. The van der Waals surface area contributed by atoms with Crippen LogP contribution in [0.25, 0.3) is 11.3 Å². The molecule has 0 unspecified atom stereocenters. The molecule has 0 aliphatic heterocycles. The Morgan fingerprint density at radius 1 is 1.42 bits per heavy atom. The van der Waals surface area contributed by atoms with Gasteiger partial charge in [-0.3, -0.25) is 9.78 Å². The number of ether oxygens (including phenoxy) is 1. The number of rotatable bonds is 5. The number of nitrogens with zero attached hydrogens (tertiary/aromatic N) is 1. The van der Waals surface area contributed by atoms with Gasteiger partial charge >= 0.3 is 0 Å². The van der Waals surface area contributed by atoms with E-state index in [2.05, 4.69) is 15.3 Å². The van der Waals surface area contributed by atoms with Crippen molar-refractivity contribution in [2.45, 2.75) is 0 Å². The van der Waals surface area contributed by atoms with Crippen LogP contribution in [0.4, 0.5) is 5.95 Å². The second-order valence-corrected chi connectivity index (χ2v) is 3.93. The molecule has 0 radical (unpaired) electrons. The van der Waals surface area contributed by atoms with E-state index in [9.17, 15) is 4.79 Å². The fraction of sp³-hybridized carbons (Fsp3) is 0.231. The summed E-state index contributed by atoms with van der Waals surface area (Å²) in [6.07, 6.45) is 0. The summed E-state index contributed by atoms with van der Waals surface area (Å²) < 4.78 is 5.16. The third kappa shape index (κ3) is 3.32. The fourth-order valence-corrected chi connectivity index (χ4v) is 1.66. The van der Waals surface area contributed by atoms with Gasteiger partial charge in [0.15, 0.2) is 0 Å². The van der Waals surface area contributed by atoms with E-state index < -0.39 is 0 Å². The first kappa shape index (κ1) is 13.1. The minimum atomic E-state index is -0.215. The number of nitrogens with one attached hydrogen (secondary N) is 2. The minimum Gasteiger partial charge on any atom is -0.497 e. The summed E-state index contributed by atoms with van der Waals surface area (Å²) in [5, 5.41) is 2.95. The molecule has 0 atom stereocenters. The van der Waals surface area contributed by atoms with Gasteiger partial charge in [0, 0.05) is 24.7 Å². The molecule has 2 rings (SSSR count). The standard InChI is InChI=1S/C13H16N4O2/c1-19-10-4-2-3-9(7-10)11-8-12(18)17-13(16-11)15-6-5-14/h2-4,7-8H,5-6,14H2,1H3,(H2,15,16,17,18). The highest BCUT2D eigenvalue weighted by atomic mass is 16.5. The lowest BCUT2D eigenvalue weighted by Gasteiger charge is -2.07. The number of methoxy groups -OCH3 is 1. The van der Waals surface area contributed by atoms with E-state index >= 15 is 0 Å². The molecule has 1 aromatic carbocycles. The van der Waals surface area contributed by atoms with Crippen LogP contribution in [-0.4, -0.2) is 30.2 Å². The van der Waals surface area contributed by atoms with Crippen LogP contribution in [0.1, 0.15) is 0 Å². The Kier molecular flexibility index (Phi) is 4.15. The molecule has 4 N–H and O–H groups in total. The number of benzene rings is 1. The lowest BCUT2D eigenvalue weighted by molar-refractivity contribution is 0.415. The molecule has 0 aliphatic carbocycles. The van der Waals surface area contributed by atoms with Gasteiger partial charge in [0.1, 0.15) is 5.75 Å². The first-order chi connectivity index (χ1) is 9.22. The molecule has 1 heterocycles. The predicted molar refractivity (Wildman–Crippen MR) is 74.4 cm³/mol. The first-order valence-corrected chi connectivity index (χ1v) is 5.92. The number of anilines is 1. The summed E-state index contributed by atoms with van der Waals surface area (Å²) in [7, 11) is 1.60. The molecule has 0 aliphatic rings. The maximum atomic E-state index is 11.6. The molecular weight excluding hydrogens is 244 g/mol. The van der Waals surface area contributed by atoms with Crippen LogP contribution < -0.4 is 21.3 Å². The molecule has 0 saturated heterocycles. The predicted octanol–water partition coefficient (Wildman–Crippen LogP) is 0.816. The van der Waals surface area contributed by atoms with Crippen molar-refractivity contribution < 1.29 is 4.74 Å². The van der Waals surface area contributed by atoms with Crippen molar-refractivity contribution in [1.82, 2.24) is 9.97 Å². The van der Waals surface area contributed by atoms with Gasteiger partial charge in [0.05, 0.1) is 12.8 Å². The highest BCUT2D eigenvalue weighted by Gasteiger charge is 2.04. The van der Waals surface area contributed by atoms with E-state index in [0.717, 1.165) is 11.3 Å². The summed E-state index contributed by atoms with van der Waals surface area (Å²) in [5.74, 6) is 1.13. The van der Waals surface area contributed by atoms with Gasteiger partial charge < -0.3 is 15.8 Å². The van der Waals surface area contributed by atoms with Crippen LogP contribution in [0.3, 0.4) is 0 Å². The highest BCUT2D eigenvalue weighted by molar-refractivity contribution is 5.61. The SMILES string of the molecule is COc1cccc(-c2cc(=O)[nH]c(NCCN)n2)c1. The molecule has 0 amide bonds. The smallest absolute Gasteiger partial charge is 0.252 e. The van der Waals surface area contributed by atoms with Crippen molar-refractivity contribution in [3.05, 3.63) is 40.7 Å². The Bertz CT molecular complexity index is 610. The summed E-state index contributed by atoms with van der Waals surface area (Å²) in [5.41, 5.74) is 6.59. The zero-order valence-electron chi connectivity index (χ0n) is 10.6. The van der Waals surface area contributed by atoms with Crippen molar-refractivity contribution in [3.63, 3.8) is 0 Å². The van der Waals surface area contributed by atoms with Gasteiger partial charge in [-0.2, -0.15) is 0 Å². The molecule has 0 fully saturated rings. The second-order valence-electron chi connectivity index (χ2n) is 3.93. The molecular formula is C13H16N4O2. The maximum absolute atomic E-state index is 11.6. The average Bonchev–Trinajstić information content (AvgIpc) is 2.44. The van der Waals surface area contributed by atoms with Gasteiger partial charge in [-0.25, -0.2) is 4.98 Å². The number of hydrogen-bond acceptors (Lipinski definition) is 5. The van der Waals surface area contributed by atoms with Crippen molar-refractivity contribution in [2.75, 3.05) is 25.5 Å². The minimum absolute atomic E-state index is 0.215. The molecule has 100 valence electrons. The van der Waals surface area contributed by atoms with E-state index in [1.54, 1.807) is 7.11 Å². The van der Waals surface area contributed by atoms with E-state index in [4.69, 9.17) is 10.5 Å². The van der Waals surface area contributed by atoms with Crippen molar-refractivity contribution >= 4 is 5.95 Å². The number of aromatic amines is 1. The molecule has 0 bridgehead atoms. The second kappa shape index (κ2) is 6.01. The maximum Gasteiger partial charge on any atom is 0.252 e. The largest absolute Gasteiger partial charge is 0.497 e.